The Morgan fingerprint density at radius 3 is 2.76 bits per heavy atom. The van der Waals surface area contributed by atoms with Crippen LogP contribution in [0.25, 0.3) is 44.5 Å². The van der Waals surface area contributed by atoms with Gasteiger partial charge in [-0.15, -0.1) is 0 Å². The molecule has 0 saturated heterocycles. The fraction of sp³-hybridized carbons (Fsp3) is 0.154. The Labute approximate surface area is 189 Å². The van der Waals surface area contributed by atoms with Crippen molar-refractivity contribution in [1.82, 2.24) is 24.9 Å². The van der Waals surface area contributed by atoms with E-state index < -0.39 is 5.60 Å². The van der Waals surface area contributed by atoms with Gasteiger partial charge in [0.1, 0.15) is 11.5 Å². The predicted octanol–water partition coefficient (Wildman–Crippen LogP) is 5.07. The highest BCUT2D eigenvalue weighted by Crippen LogP contribution is 2.42. The Bertz CT molecular complexity index is 1620. The normalized spacial score (nSPS) is 17.9. The van der Waals surface area contributed by atoms with Gasteiger partial charge in [0, 0.05) is 42.2 Å². The Morgan fingerprint density at radius 1 is 1.06 bits per heavy atom. The molecule has 7 heteroatoms. The summed E-state index contributed by atoms with van der Waals surface area (Å²) in [5, 5.41) is 1.52. The predicted molar refractivity (Wildman–Crippen MR) is 127 cm³/mol. The van der Waals surface area contributed by atoms with E-state index in [0.717, 1.165) is 33.5 Å². The number of nitrogens with zero attached hydrogens (tertiary/aromatic N) is 3. The standard InChI is InChI=1S/C26H21N5O2/c1-15-7-8-26(2,33-15)23-18(16-5-6-21-17(12-16)4-3-9-27-21)13-19-22(32)20(14-30-25(19)31-23)24-28-10-11-29-24/h3-7,9-14H,8H2,1-2H3,(H,28,29)(H,30,31,32). The molecule has 7 nitrogen and oxygen atoms in total. The Balaban J connectivity index is 1.63. The van der Waals surface area contributed by atoms with Crippen molar-refractivity contribution in [2.24, 2.45) is 0 Å². The van der Waals surface area contributed by atoms with Crippen molar-refractivity contribution in [1.29, 1.82) is 0 Å². The van der Waals surface area contributed by atoms with E-state index in [2.05, 4.69) is 32.1 Å². The summed E-state index contributed by atoms with van der Waals surface area (Å²) in [5.41, 5.74) is 3.74. The molecule has 2 N–H and O–H groups in total. The number of hydrogen-bond acceptors (Lipinski definition) is 5. The van der Waals surface area contributed by atoms with Gasteiger partial charge < -0.3 is 14.7 Å². The number of fused-ring (bicyclic) bond motifs is 2. The van der Waals surface area contributed by atoms with E-state index in [-0.39, 0.29) is 5.43 Å². The van der Waals surface area contributed by atoms with Gasteiger partial charge in [0.2, 0.25) is 5.43 Å². The monoisotopic (exact) mass is 435 g/mol. The summed E-state index contributed by atoms with van der Waals surface area (Å²) >= 11 is 0. The van der Waals surface area contributed by atoms with Gasteiger partial charge in [0.15, 0.2) is 5.60 Å². The Hall–Kier alpha value is -4.26. The second-order valence-electron chi connectivity index (χ2n) is 8.51. The Kier molecular flexibility index (Phi) is 4.20. The number of allylic oxidation sites excluding steroid dienone is 1. The van der Waals surface area contributed by atoms with Gasteiger partial charge in [-0.25, -0.2) is 9.97 Å². The van der Waals surface area contributed by atoms with Crippen molar-refractivity contribution in [2.45, 2.75) is 25.9 Å². The maximum Gasteiger partial charge on any atom is 0.201 e. The second-order valence-corrected chi connectivity index (χ2v) is 8.51. The number of aromatic amines is 2. The maximum atomic E-state index is 13.4. The molecule has 0 saturated carbocycles. The molecule has 4 aromatic heterocycles. The SMILES string of the molecule is CC1=CCC(C)(c2nc3[nH]cc(-c4ncc[nH]4)c(=O)c3cc2-c2ccc3ncccc3c2)O1. The quantitative estimate of drug-likeness (QED) is 0.413. The molecule has 0 amide bonds. The van der Waals surface area contributed by atoms with Crippen LogP contribution in [0.5, 0.6) is 0 Å². The van der Waals surface area contributed by atoms with Crippen molar-refractivity contribution in [3.8, 4) is 22.5 Å². The van der Waals surface area contributed by atoms with Crippen LogP contribution >= 0.6 is 0 Å². The van der Waals surface area contributed by atoms with Crippen LogP contribution in [0.1, 0.15) is 26.0 Å². The Morgan fingerprint density at radius 2 is 1.97 bits per heavy atom. The lowest BCUT2D eigenvalue weighted by atomic mass is 9.90. The van der Waals surface area contributed by atoms with Gasteiger partial charge in [-0.1, -0.05) is 12.1 Å². The largest absolute Gasteiger partial charge is 0.486 e. The molecule has 1 aliphatic rings. The van der Waals surface area contributed by atoms with E-state index in [4.69, 9.17) is 9.72 Å². The minimum atomic E-state index is -0.631. The van der Waals surface area contributed by atoms with E-state index in [0.29, 0.717) is 28.8 Å². The molecule has 0 fully saturated rings. The molecule has 33 heavy (non-hydrogen) atoms. The third-order valence-electron chi connectivity index (χ3n) is 6.20. The average Bonchev–Trinajstić information content (AvgIpc) is 3.49. The first-order chi connectivity index (χ1) is 16.0. The van der Waals surface area contributed by atoms with Crippen LogP contribution in [0.2, 0.25) is 0 Å². The van der Waals surface area contributed by atoms with Crippen molar-refractivity contribution < 1.29 is 4.74 Å². The topological polar surface area (TPSA) is 96.6 Å². The van der Waals surface area contributed by atoms with Crippen molar-refractivity contribution in [3.63, 3.8) is 0 Å². The van der Waals surface area contributed by atoms with Crippen LogP contribution < -0.4 is 5.43 Å². The van der Waals surface area contributed by atoms with Crippen molar-refractivity contribution in [3.05, 3.63) is 88.9 Å². The summed E-state index contributed by atoms with van der Waals surface area (Å²) in [6, 6.07) is 12.0. The lowest BCUT2D eigenvalue weighted by Gasteiger charge is -2.27. The van der Waals surface area contributed by atoms with Gasteiger partial charge in [-0.05, 0) is 49.8 Å². The molecule has 0 bridgehead atoms. The van der Waals surface area contributed by atoms with Crippen LogP contribution in [-0.4, -0.2) is 24.9 Å². The van der Waals surface area contributed by atoms with Crippen LogP contribution in [0.3, 0.4) is 0 Å². The first kappa shape index (κ1) is 19.4. The number of benzene rings is 1. The van der Waals surface area contributed by atoms with Crippen LogP contribution in [0.15, 0.2) is 77.8 Å². The van der Waals surface area contributed by atoms with Gasteiger partial charge in [0.25, 0.3) is 0 Å². The average molecular weight is 435 g/mol. The number of hydrogen-bond donors (Lipinski definition) is 2. The number of rotatable bonds is 3. The molecule has 1 aliphatic heterocycles. The fourth-order valence-corrected chi connectivity index (χ4v) is 4.52. The minimum absolute atomic E-state index is 0.131. The molecule has 0 spiro atoms. The molecule has 162 valence electrons. The van der Waals surface area contributed by atoms with Crippen LogP contribution in [0.4, 0.5) is 0 Å². The zero-order valence-corrected chi connectivity index (χ0v) is 18.2. The fourth-order valence-electron chi connectivity index (χ4n) is 4.52. The zero-order valence-electron chi connectivity index (χ0n) is 18.2. The van der Waals surface area contributed by atoms with E-state index in [1.54, 1.807) is 24.8 Å². The highest BCUT2D eigenvalue weighted by molar-refractivity contribution is 5.89. The molecule has 1 aromatic carbocycles. The summed E-state index contributed by atoms with van der Waals surface area (Å²) < 4.78 is 6.23. The minimum Gasteiger partial charge on any atom is -0.486 e. The molecule has 5 aromatic rings. The lowest BCUT2D eigenvalue weighted by molar-refractivity contribution is 0.0383. The highest BCUT2D eigenvalue weighted by atomic mass is 16.5. The van der Waals surface area contributed by atoms with E-state index in [1.807, 2.05) is 44.2 Å². The zero-order chi connectivity index (χ0) is 22.6. The third kappa shape index (κ3) is 3.12. The number of aromatic nitrogens is 5. The lowest BCUT2D eigenvalue weighted by Crippen LogP contribution is -2.24. The number of ether oxygens (including phenoxy) is 1. The number of H-pyrrole nitrogens is 2. The number of nitrogens with one attached hydrogen (secondary N) is 2. The van der Waals surface area contributed by atoms with E-state index >= 15 is 0 Å². The highest BCUT2D eigenvalue weighted by Gasteiger charge is 2.36. The second kappa shape index (κ2) is 7.13. The molecule has 1 unspecified atom stereocenters. The van der Waals surface area contributed by atoms with E-state index in [9.17, 15) is 4.79 Å². The van der Waals surface area contributed by atoms with Gasteiger partial charge in [-0.3, -0.25) is 9.78 Å². The van der Waals surface area contributed by atoms with Gasteiger partial charge in [0.05, 0.1) is 27.9 Å². The van der Waals surface area contributed by atoms with Crippen LogP contribution in [-0.2, 0) is 10.3 Å². The van der Waals surface area contributed by atoms with Gasteiger partial charge in [-0.2, -0.15) is 0 Å². The number of imidazole rings is 1. The summed E-state index contributed by atoms with van der Waals surface area (Å²) in [7, 11) is 0. The maximum absolute atomic E-state index is 13.4. The van der Waals surface area contributed by atoms with Crippen molar-refractivity contribution in [2.75, 3.05) is 0 Å². The third-order valence-corrected chi connectivity index (χ3v) is 6.20. The summed E-state index contributed by atoms with van der Waals surface area (Å²) in [4.78, 5) is 33.2. The first-order valence-electron chi connectivity index (χ1n) is 10.8. The molecular formula is C26H21N5O2. The summed E-state index contributed by atoms with van der Waals surface area (Å²) in [6.07, 6.45) is 9.54. The van der Waals surface area contributed by atoms with Crippen LogP contribution in [0, 0.1) is 0 Å². The summed E-state index contributed by atoms with van der Waals surface area (Å²) in [6.45, 7) is 3.99. The smallest absolute Gasteiger partial charge is 0.201 e. The molecule has 0 aliphatic carbocycles. The molecule has 1 atom stereocenters. The number of pyridine rings is 3. The molecular weight excluding hydrogens is 414 g/mol. The van der Waals surface area contributed by atoms with Crippen molar-refractivity contribution >= 4 is 21.9 Å². The summed E-state index contributed by atoms with van der Waals surface area (Å²) in [5.74, 6) is 1.39. The molecule has 5 heterocycles. The van der Waals surface area contributed by atoms with Gasteiger partial charge >= 0.3 is 0 Å². The molecule has 0 radical (unpaired) electrons. The van der Waals surface area contributed by atoms with E-state index in [1.165, 1.54) is 0 Å². The first-order valence-corrected chi connectivity index (χ1v) is 10.8. The molecule has 6 rings (SSSR count).